The molecule has 35 heavy (non-hydrogen) atoms. The van der Waals surface area contributed by atoms with Crippen molar-refractivity contribution in [1.29, 1.82) is 0 Å². The first-order chi connectivity index (χ1) is 16.3. The first-order valence-electron chi connectivity index (χ1n) is 9.81. The van der Waals surface area contributed by atoms with Crippen molar-refractivity contribution in [2.24, 2.45) is 5.73 Å². The van der Waals surface area contributed by atoms with E-state index in [-0.39, 0.29) is 11.6 Å². The summed E-state index contributed by atoms with van der Waals surface area (Å²) < 4.78 is 76.6. The third-order valence-electron chi connectivity index (χ3n) is 4.28. The molecule has 11 heteroatoms. The first kappa shape index (κ1) is 27.1. The maximum atomic E-state index is 12.8. The molecule has 0 aliphatic rings. The maximum absolute atomic E-state index is 12.8. The topological polar surface area (TPSA) is 85.1 Å². The van der Waals surface area contributed by atoms with Crippen LogP contribution in [0.4, 0.5) is 32.0 Å². The molecule has 0 aliphatic heterocycles. The van der Waals surface area contributed by atoms with Gasteiger partial charge in [-0.25, -0.2) is 0 Å². The number of hydrogen-bond donors (Lipinski definition) is 2. The van der Waals surface area contributed by atoms with E-state index in [1.807, 2.05) is 6.07 Å². The van der Waals surface area contributed by atoms with Crippen LogP contribution >= 0.6 is 0 Å². The molecule has 3 rings (SSSR count). The fraction of sp³-hybridized carbons (Fsp3) is 0.125. The average molecular weight is 495 g/mol. The molecule has 2 aromatic carbocycles. The van der Waals surface area contributed by atoms with Gasteiger partial charge in [-0.05, 0) is 55.0 Å². The Bertz CT molecular complexity index is 1160. The Balaban J connectivity index is 0.000000328. The highest BCUT2D eigenvalue weighted by atomic mass is 19.4. The van der Waals surface area contributed by atoms with Crippen LogP contribution in [0.25, 0.3) is 6.08 Å². The summed E-state index contributed by atoms with van der Waals surface area (Å²) in [5.74, 6) is -1.25. The summed E-state index contributed by atoms with van der Waals surface area (Å²) in [6.45, 7) is 1.77. The second-order valence-electron chi connectivity index (χ2n) is 7.14. The Morgan fingerprint density at radius 2 is 1.49 bits per heavy atom. The summed E-state index contributed by atoms with van der Waals surface area (Å²) in [4.78, 5) is 26.1. The van der Waals surface area contributed by atoms with Gasteiger partial charge in [0.2, 0.25) is 5.91 Å². The van der Waals surface area contributed by atoms with Crippen molar-refractivity contribution in [2.75, 3.05) is 5.32 Å². The van der Waals surface area contributed by atoms with Gasteiger partial charge in [0.05, 0.1) is 11.1 Å². The van der Waals surface area contributed by atoms with Crippen molar-refractivity contribution in [3.8, 4) is 0 Å². The molecule has 1 aromatic heterocycles. The normalized spacial score (nSPS) is 11.5. The highest BCUT2D eigenvalue weighted by Gasteiger charge is 2.37. The summed E-state index contributed by atoms with van der Waals surface area (Å²) in [6.07, 6.45) is -3.69. The van der Waals surface area contributed by atoms with Gasteiger partial charge in [-0.15, -0.1) is 0 Å². The minimum Gasteiger partial charge on any atom is -0.366 e. The number of halogens is 6. The van der Waals surface area contributed by atoms with E-state index in [0.29, 0.717) is 12.1 Å². The zero-order chi connectivity index (χ0) is 26.2. The van der Waals surface area contributed by atoms with E-state index in [0.717, 1.165) is 11.1 Å². The zero-order valence-corrected chi connectivity index (χ0v) is 18.1. The lowest BCUT2D eigenvalue weighted by Crippen LogP contribution is -2.15. The highest BCUT2D eigenvalue weighted by Crippen LogP contribution is 2.37. The Labute approximate surface area is 196 Å². The number of nitrogens with one attached hydrogen (secondary N) is 1. The zero-order valence-electron chi connectivity index (χ0n) is 18.1. The molecule has 3 N–H and O–H groups in total. The Morgan fingerprint density at radius 3 is 1.94 bits per heavy atom. The number of aromatic nitrogens is 1. The van der Waals surface area contributed by atoms with Gasteiger partial charge < -0.3 is 11.1 Å². The summed E-state index contributed by atoms with van der Waals surface area (Å²) in [6, 6.07) is 10.6. The van der Waals surface area contributed by atoms with Crippen LogP contribution in [0.5, 0.6) is 0 Å². The van der Waals surface area contributed by atoms with Crippen LogP contribution in [0.15, 0.2) is 73.1 Å². The van der Waals surface area contributed by atoms with Gasteiger partial charge in [-0.1, -0.05) is 23.8 Å². The highest BCUT2D eigenvalue weighted by molar-refractivity contribution is 6.04. The van der Waals surface area contributed by atoms with Crippen LogP contribution in [0, 0.1) is 6.92 Å². The van der Waals surface area contributed by atoms with Gasteiger partial charge in [0, 0.05) is 29.7 Å². The molecule has 1 heterocycles. The van der Waals surface area contributed by atoms with Crippen LogP contribution in [-0.4, -0.2) is 16.8 Å². The second kappa shape index (κ2) is 11.3. The van der Waals surface area contributed by atoms with Crippen molar-refractivity contribution in [2.45, 2.75) is 19.3 Å². The molecule has 0 atom stereocenters. The van der Waals surface area contributed by atoms with E-state index in [1.54, 1.807) is 43.6 Å². The van der Waals surface area contributed by atoms with Gasteiger partial charge in [0.1, 0.15) is 0 Å². The van der Waals surface area contributed by atoms with E-state index in [4.69, 9.17) is 5.73 Å². The molecule has 5 nitrogen and oxygen atoms in total. The lowest BCUT2D eigenvalue weighted by Gasteiger charge is -2.14. The van der Waals surface area contributed by atoms with Crippen LogP contribution in [-0.2, 0) is 17.1 Å². The molecule has 3 aromatic rings. The van der Waals surface area contributed by atoms with Crippen LogP contribution < -0.4 is 11.1 Å². The fourth-order valence-electron chi connectivity index (χ4n) is 2.59. The van der Waals surface area contributed by atoms with Crippen molar-refractivity contribution >= 4 is 23.6 Å². The number of carbonyl (C=O) groups is 2. The SMILES string of the molecule is Cc1ccc(C(=O)Nc2cc(C(F)(F)F)cc(C(F)(F)F)c2)cc1.NC(=O)C=Cc1cccnc1. The molecule has 0 unspecified atom stereocenters. The Hall–Kier alpha value is -4.15. The molecule has 0 spiro atoms. The lowest BCUT2D eigenvalue weighted by molar-refractivity contribution is -0.143. The average Bonchev–Trinajstić information content (AvgIpc) is 2.78. The molecule has 184 valence electrons. The number of hydrogen-bond acceptors (Lipinski definition) is 3. The minimum absolute atomic E-state index is 0.00152. The van der Waals surface area contributed by atoms with Crippen LogP contribution in [0.2, 0.25) is 0 Å². The molecule has 0 saturated heterocycles. The molecular formula is C24H19F6N3O2. The van der Waals surface area contributed by atoms with Crippen molar-refractivity contribution in [1.82, 2.24) is 4.98 Å². The second-order valence-corrected chi connectivity index (χ2v) is 7.14. The van der Waals surface area contributed by atoms with Crippen LogP contribution in [0.1, 0.15) is 32.6 Å². The van der Waals surface area contributed by atoms with E-state index in [9.17, 15) is 35.9 Å². The Morgan fingerprint density at radius 1 is 0.914 bits per heavy atom. The number of nitrogens with zero attached hydrogens (tertiary/aromatic N) is 1. The van der Waals surface area contributed by atoms with Gasteiger partial charge in [0.25, 0.3) is 5.91 Å². The van der Waals surface area contributed by atoms with E-state index >= 15 is 0 Å². The molecule has 0 radical (unpaired) electrons. The molecule has 0 aliphatic carbocycles. The van der Waals surface area contributed by atoms with Gasteiger partial charge >= 0.3 is 12.4 Å². The molecule has 0 saturated carbocycles. The number of carbonyl (C=O) groups excluding carboxylic acids is 2. The summed E-state index contributed by atoms with van der Waals surface area (Å²) in [5.41, 5.74) is 3.17. The molecule has 0 fully saturated rings. The van der Waals surface area contributed by atoms with Crippen LogP contribution in [0.3, 0.4) is 0 Å². The predicted octanol–water partition coefficient (Wildman–Crippen LogP) is 5.87. The standard InChI is InChI=1S/C16H11F6NO.C8H8N2O/c1-9-2-4-10(5-3-9)14(24)23-13-7-11(15(17,18)19)6-12(8-13)16(20,21)22;9-8(11)4-3-7-2-1-5-10-6-7/h2-8H,1H3,(H,23,24);1-6H,(H2,9,11). The maximum Gasteiger partial charge on any atom is 0.416 e. The first-order valence-corrected chi connectivity index (χ1v) is 9.81. The van der Waals surface area contributed by atoms with Crippen molar-refractivity contribution in [3.63, 3.8) is 0 Å². The summed E-state index contributed by atoms with van der Waals surface area (Å²) >= 11 is 0. The number of nitrogens with two attached hydrogens (primary N) is 1. The van der Waals surface area contributed by atoms with E-state index in [1.165, 1.54) is 18.2 Å². The summed E-state index contributed by atoms with van der Waals surface area (Å²) in [5, 5.41) is 2.06. The number of anilines is 1. The van der Waals surface area contributed by atoms with E-state index < -0.39 is 41.0 Å². The number of rotatable bonds is 4. The smallest absolute Gasteiger partial charge is 0.366 e. The quantitative estimate of drug-likeness (QED) is 0.351. The third-order valence-corrected chi connectivity index (χ3v) is 4.28. The molecule has 0 bridgehead atoms. The third kappa shape index (κ3) is 8.95. The van der Waals surface area contributed by atoms with E-state index in [2.05, 4.69) is 10.3 Å². The molecule has 2 amide bonds. The monoisotopic (exact) mass is 495 g/mol. The van der Waals surface area contributed by atoms with Crippen molar-refractivity contribution in [3.05, 3.63) is 101 Å². The predicted molar refractivity (Wildman–Crippen MR) is 118 cm³/mol. The number of aryl methyl sites for hydroxylation is 1. The number of pyridine rings is 1. The minimum atomic E-state index is -4.97. The molecular weight excluding hydrogens is 476 g/mol. The van der Waals surface area contributed by atoms with Gasteiger partial charge in [-0.3, -0.25) is 14.6 Å². The number of amides is 2. The summed E-state index contributed by atoms with van der Waals surface area (Å²) in [7, 11) is 0. The number of primary amides is 1. The number of alkyl halides is 6. The lowest BCUT2D eigenvalue weighted by atomic mass is 10.1. The van der Waals surface area contributed by atoms with Crippen molar-refractivity contribution < 1.29 is 35.9 Å². The van der Waals surface area contributed by atoms with Gasteiger partial charge in [-0.2, -0.15) is 26.3 Å². The fourth-order valence-corrected chi connectivity index (χ4v) is 2.59. The van der Waals surface area contributed by atoms with Gasteiger partial charge in [0.15, 0.2) is 0 Å². The Kier molecular flexibility index (Phi) is 8.76. The number of benzene rings is 2. The largest absolute Gasteiger partial charge is 0.416 e.